The molecule has 33 heavy (non-hydrogen) atoms. The monoisotopic (exact) mass is 460 g/mol. The van der Waals surface area contributed by atoms with Crippen LogP contribution >= 0.6 is 11.8 Å². The van der Waals surface area contributed by atoms with Crippen LogP contribution in [0, 0.1) is 0 Å². The smallest absolute Gasteiger partial charge is 0.323 e. The predicted octanol–water partition coefficient (Wildman–Crippen LogP) is 5.58. The Morgan fingerprint density at radius 1 is 0.879 bits per heavy atom. The highest BCUT2D eigenvalue weighted by Gasteiger charge is 2.20. The number of carbonyl (C=O) groups is 2. The second-order valence-corrected chi connectivity index (χ2v) is 8.78. The molecule has 4 rings (SSSR count). The minimum atomic E-state index is -0.350. The van der Waals surface area contributed by atoms with E-state index >= 15 is 0 Å². The molecule has 0 unspecified atom stereocenters. The summed E-state index contributed by atoms with van der Waals surface area (Å²) in [7, 11) is 0. The number of thioether (sulfide) groups is 1. The van der Waals surface area contributed by atoms with E-state index in [0.29, 0.717) is 23.5 Å². The van der Waals surface area contributed by atoms with Crippen molar-refractivity contribution in [2.75, 3.05) is 34.9 Å². The summed E-state index contributed by atoms with van der Waals surface area (Å²) in [6.07, 6.45) is 4.24. The third-order valence-electron chi connectivity index (χ3n) is 5.59. The molecule has 3 amide bonds. The summed E-state index contributed by atoms with van der Waals surface area (Å²) in [4.78, 5) is 29.0. The maximum atomic E-state index is 13.1. The van der Waals surface area contributed by atoms with Crippen molar-refractivity contribution in [3.8, 4) is 0 Å². The SMILES string of the molecule is CSc1ccc(NC(=O)Nc2ccc(N3CCCC3)c(C(=O)NCc3ccccc3)c2)cc1. The van der Waals surface area contributed by atoms with Gasteiger partial charge in [0, 0.05) is 41.6 Å². The zero-order valence-corrected chi connectivity index (χ0v) is 19.5. The fourth-order valence-electron chi connectivity index (χ4n) is 3.87. The Balaban J connectivity index is 1.48. The number of urea groups is 1. The lowest BCUT2D eigenvalue weighted by Crippen LogP contribution is -2.27. The summed E-state index contributed by atoms with van der Waals surface area (Å²) < 4.78 is 0. The van der Waals surface area contributed by atoms with Gasteiger partial charge in [0.2, 0.25) is 0 Å². The van der Waals surface area contributed by atoms with E-state index in [0.717, 1.165) is 42.1 Å². The molecule has 3 N–H and O–H groups in total. The van der Waals surface area contributed by atoms with Gasteiger partial charge in [0.05, 0.1) is 5.56 Å². The normalized spacial score (nSPS) is 12.9. The Morgan fingerprint density at radius 3 is 2.24 bits per heavy atom. The zero-order chi connectivity index (χ0) is 23.0. The van der Waals surface area contributed by atoms with Crippen molar-refractivity contribution in [3.05, 3.63) is 83.9 Å². The molecule has 3 aromatic carbocycles. The van der Waals surface area contributed by atoms with Gasteiger partial charge in [-0.1, -0.05) is 30.3 Å². The summed E-state index contributed by atoms with van der Waals surface area (Å²) >= 11 is 1.65. The van der Waals surface area contributed by atoms with Gasteiger partial charge in [0.15, 0.2) is 0 Å². The lowest BCUT2D eigenvalue weighted by Gasteiger charge is -2.22. The molecule has 1 fully saturated rings. The molecule has 3 aromatic rings. The second kappa shape index (κ2) is 10.9. The maximum Gasteiger partial charge on any atom is 0.323 e. The highest BCUT2D eigenvalue weighted by atomic mass is 32.2. The van der Waals surface area contributed by atoms with E-state index in [4.69, 9.17) is 0 Å². The molecular weight excluding hydrogens is 432 g/mol. The van der Waals surface area contributed by atoms with Gasteiger partial charge < -0.3 is 20.9 Å². The van der Waals surface area contributed by atoms with Crippen molar-refractivity contribution in [2.45, 2.75) is 24.3 Å². The van der Waals surface area contributed by atoms with Crippen LogP contribution in [0.25, 0.3) is 0 Å². The first-order valence-electron chi connectivity index (χ1n) is 11.1. The molecule has 6 nitrogen and oxygen atoms in total. The molecule has 1 aliphatic rings. The largest absolute Gasteiger partial charge is 0.371 e. The van der Waals surface area contributed by atoms with Crippen LogP contribution in [0.1, 0.15) is 28.8 Å². The number of nitrogens with zero attached hydrogens (tertiary/aromatic N) is 1. The fraction of sp³-hybridized carbons (Fsp3) is 0.231. The lowest BCUT2D eigenvalue weighted by atomic mass is 10.1. The number of nitrogens with one attached hydrogen (secondary N) is 3. The predicted molar refractivity (Wildman–Crippen MR) is 136 cm³/mol. The number of carbonyl (C=O) groups excluding carboxylic acids is 2. The number of benzene rings is 3. The number of rotatable bonds is 7. The molecule has 1 saturated heterocycles. The Kier molecular flexibility index (Phi) is 7.52. The fourth-order valence-corrected chi connectivity index (χ4v) is 4.28. The summed E-state index contributed by atoms with van der Waals surface area (Å²) in [5, 5.41) is 8.70. The van der Waals surface area contributed by atoms with E-state index < -0.39 is 0 Å². The van der Waals surface area contributed by atoms with E-state index in [1.165, 1.54) is 0 Å². The van der Waals surface area contributed by atoms with Crippen molar-refractivity contribution < 1.29 is 9.59 Å². The summed E-state index contributed by atoms with van der Waals surface area (Å²) in [6, 6.07) is 22.6. The van der Waals surface area contributed by atoms with Crippen LogP contribution < -0.4 is 20.9 Å². The Morgan fingerprint density at radius 2 is 1.55 bits per heavy atom. The van der Waals surface area contributed by atoms with Crippen molar-refractivity contribution >= 4 is 40.8 Å². The molecule has 1 heterocycles. The van der Waals surface area contributed by atoms with Crippen LogP contribution in [-0.4, -0.2) is 31.3 Å². The van der Waals surface area contributed by atoms with Crippen molar-refractivity contribution in [1.82, 2.24) is 5.32 Å². The number of hydrogen-bond donors (Lipinski definition) is 3. The standard InChI is InChI=1S/C26H28N4O2S/c1-33-22-12-9-20(10-13-22)28-26(32)29-21-11-14-24(30-15-5-6-16-30)23(17-21)25(31)27-18-19-7-3-2-4-8-19/h2-4,7-14,17H,5-6,15-16,18H2,1H3,(H,27,31)(H2,28,29,32). The summed E-state index contributed by atoms with van der Waals surface area (Å²) in [6.45, 7) is 2.31. The minimum absolute atomic E-state index is 0.155. The first kappa shape index (κ1) is 22.7. The van der Waals surface area contributed by atoms with Gasteiger partial charge in [-0.15, -0.1) is 11.8 Å². The Labute approximate surface area is 198 Å². The highest BCUT2D eigenvalue weighted by molar-refractivity contribution is 7.98. The first-order valence-corrected chi connectivity index (χ1v) is 12.3. The van der Waals surface area contributed by atoms with Gasteiger partial charge in [-0.2, -0.15) is 0 Å². The Bertz CT molecular complexity index is 1100. The Hall–Kier alpha value is -3.45. The lowest BCUT2D eigenvalue weighted by molar-refractivity contribution is 0.0951. The number of anilines is 3. The molecule has 0 radical (unpaired) electrons. The maximum absolute atomic E-state index is 13.1. The molecule has 0 aromatic heterocycles. The quantitative estimate of drug-likeness (QED) is 0.402. The summed E-state index contributed by atoms with van der Waals surface area (Å²) in [5.74, 6) is -0.155. The van der Waals surface area contributed by atoms with Crippen LogP contribution in [0.15, 0.2) is 77.7 Å². The third-order valence-corrected chi connectivity index (χ3v) is 6.33. The number of hydrogen-bond acceptors (Lipinski definition) is 4. The van der Waals surface area contributed by atoms with Crippen LogP contribution in [0.2, 0.25) is 0 Å². The van der Waals surface area contributed by atoms with Gasteiger partial charge >= 0.3 is 6.03 Å². The average Bonchev–Trinajstić information content (AvgIpc) is 3.38. The highest BCUT2D eigenvalue weighted by Crippen LogP contribution is 2.28. The molecule has 0 bridgehead atoms. The van der Waals surface area contributed by atoms with Crippen molar-refractivity contribution in [2.24, 2.45) is 0 Å². The van der Waals surface area contributed by atoms with E-state index in [-0.39, 0.29) is 11.9 Å². The van der Waals surface area contributed by atoms with E-state index in [9.17, 15) is 9.59 Å². The molecule has 0 aliphatic carbocycles. The van der Waals surface area contributed by atoms with Crippen LogP contribution in [-0.2, 0) is 6.54 Å². The van der Waals surface area contributed by atoms with Crippen LogP contribution in [0.4, 0.5) is 21.9 Å². The van der Waals surface area contributed by atoms with E-state index in [2.05, 4.69) is 20.9 Å². The molecule has 7 heteroatoms. The molecular formula is C26H28N4O2S. The second-order valence-electron chi connectivity index (χ2n) is 7.90. The molecule has 170 valence electrons. The van der Waals surface area contributed by atoms with E-state index in [1.54, 1.807) is 17.8 Å². The minimum Gasteiger partial charge on any atom is -0.371 e. The summed E-state index contributed by atoms with van der Waals surface area (Å²) in [5.41, 5.74) is 3.78. The molecule has 1 aliphatic heterocycles. The van der Waals surface area contributed by atoms with Gasteiger partial charge in [-0.25, -0.2) is 4.79 Å². The first-order chi connectivity index (χ1) is 16.1. The molecule has 0 saturated carbocycles. The van der Waals surface area contributed by atoms with Gasteiger partial charge in [-0.3, -0.25) is 4.79 Å². The van der Waals surface area contributed by atoms with Crippen LogP contribution in [0.5, 0.6) is 0 Å². The van der Waals surface area contributed by atoms with Gasteiger partial charge in [-0.05, 0) is 67.1 Å². The van der Waals surface area contributed by atoms with Crippen molar-refractivity contribution in [3.63, 3.8) is 0 Å². The average molecular weight is 461 g/mol. The van der Waals surface area contributed by atoms with Crippen molar-refractivity contribution in [1.29, 1.82) is 0 Å². The number of amides is 3. The topological polar surface area (TPSA) is 73.5 Å². The molecule has 0 spiro atoms. The third kappa shape index (κ3) is 6.08. The zero-order valence-electron chi connectivity index (χ0n) is 18.6. The van der Waals surface area contributed by atoms with Crippen LogP contribution in [0.3, 0.4) is 0 Å². The molecule has 0 atom stereocenters. The van der Waals surface area contributed by atoms with Gasteiger partial charge in [0.1, 0.15) is 0 Å². The van der Waals surface area contributed by atoms with E-state index in [1.807, 2.05) is 73.0 Å². The van der Waals surface area contributed by atoms with Gasteiger partial charge in [0.25, 0.3) is 5.91 Å².